The lowest BCUT2D eigenvalue weighted by molar-refractivity contribution is -0.114. The minimum atomic E-state index is -0.506. The van der Waals surface area contributed by atoms with Crippen LogP contribution in [0, 0.1) is 0 Å². The van der Waals surface area contributed by atoms with Gasteiger partial charge in [0.2, 0.25) is 5.91 Å². The number of primary amides is 1. The van der Waals surface area contributed by atoms with Crippen LogP contribution in [0.5, 0.6) is 0 Å². The van der Waals surface area contributed by atoms with Crippen molar-refractivity contribution in [1.29, 1.82) is 0 Å². The van der Waals surface area contributed by atoms with E-state index in [1.165, 1.54) is 19.3 Å². The van der Waals surface area contributed by atoms with Gasteiger partial charge >= 0.3 is 0 Å². The highest BCUT2D eigenvalue weighted by Crippen LogP contribution is 2.17. The van der Waals surface area contributed by atoms with E-state index < -0.39 is 12.1 Å². The first-order chi connectivity index (χ1) is 7.65. The van der Waals surface area contributed by atoms with Crippen molar-refractivity contribution in [3.63, 3.8) is 0 Å². The second-order valence-corrected chi connectivity index (χ2v) is 4.23. The molecular formula is C11H22N4O. The smallest absolute Gasteiger partial charge is 0.249 e. The highest BCUT2D eigenvalue weighted by molar-refractivity contribution is 5.92. The first-order valence-electron chi connectivity index (χ1n) is 5.84. The molecule has 1 saturated carbocycles. The number of hydrogen-bond donors (Lipinski definition) is 4. The zero-order valence-electron chi connectivity index (χ0n) is 9.83. The molecule has 0 spiro atoms. The molecule has 5 nitrogen and oxygen atoms in total. The summed E-state index contributed by atoms with van der Waals surface area (Å²) in [6.07, 6.45) is 7.26. The molecule has 92 valence electrons. The van der Waals surface area contributed by atoms with Crippen molar-refractivity contribution >= 4 is 5.91 Å². The molecule has 16 heavy (non-hydrogen) atoms. The predicted octanol–water partition coefficient (Wildman–Crippen LogP) is -0.218. The Bertz CT molecular complexity index is 259. The summed E-state index contributed by atoms with van der Waals surface area (Å²) in [7, 11) is 1.70. The Labute approximate surface area is 96.6 Å². The Balaban J connectivity index is 2.53. The number of carbonyl (C=O) groups excluding carboxylic acids is 1. The largest absolute Gasteiger partial charge is 0.388 e. The van der Waals surface area contributed by atoms with E-state index in [9.17, 15) is 4.79 Å². The SMILES string of the molecule is CNC(N)/C(=C\NC1CCCCC1)C(N)=O. The third-order valence-electron chi connectivity index (χ3n) is 3.01. The monoisotopic (exact) mass is 226 g/mol. The Morgan fingerprint density at radius 2 is 2.00 bits per heavy atom. The van der Waals surface area contributed by atoms with E-state index in [1.54, 1.807) is 13.2 Å². The molecule has 1 unspecified atom stereocenters. The van der Waals surface area contributed by atoms with Gasteiger partial charge in [-0.3, -0.25) is 4.79 Å². The average Bonchev–Trinajstić information content (AvgIpc) is 2.30. The molecule has 1 aliphatic carbocycles. The summed E-state index contributed by atoms with van der Waals surface area (Å²) in [4.78, 5) is 11.2. The second-order valence-electron chi connectivity index (χ2n) is 4.23. The summed E-state index contributed by atoms with van der Waals surface area (Å²) in [5, 5.41) is 6.04. The molecule has 0 radical (unpaired) electrons. The van der Waals surface area contributed by atoms with Crippen LogP contribution in [0.1, 0.15) is 32.1 Å². The molecule has 0 saturated heterocycles. The molecule has 1 amide bonds. The second kappa shape index (κ2) is 6.50. The van der Waals surface area contributed by atoms with E-state index in [2.05, 4.69) is 10.6 Å². The molecule has 1 atom stereocenters. The van der Waals surface area contributed by atoms with E-state index in [0.29, 0.717) is 11.6 Å². The van der Waals surface area contributed by atoms with Gasteiger partial charge in [0.15, 0.2) is 0 Å². The van der Waals surface area contributed by atoms with Gasteiger partial charge < -0.3 is 22.1 Å². The summed E-state index contributed by atoms with van der Waals surface area (Å²) in [5.74, 6) is -0.481. The molecule has 1 aliphatic rings. The minimum Gasteiger partial charge on any atom is -0.388 e. The van der Waals surface area contributed by atoms with Crippen LogP contribution in [-0.4, -0.2) is 25.2 Å². The molecule has 1 rings (SSSR count). The Kier molecular flexibility index (Phi) is 5.28. The van der Waals surface area contributed by atoms with Gasteiger partial charge in [0, 0.05) is 12.2 Å². The lowest BCUT2D eigenvalue weighted by atomic mass is 9.95. The fourth-order valence-electron chi connectivity index (χ4n) is 1.95. The third-order valence-corrected chi connectivity index (χ3v) is 3.01. The van der Waals surface area contributed by atoms with Crippen molar-refractivity contribution < 1.29 is 4.79 Å². The molecule has 5 heteroatoms. The number of nitrogens with one attached hydrogen (secondary N) is 2. The van der Waals surface area contributed by atoms with E-state index in [-0.39, 0.29) is 0 Å². The highest BCUT2D eigenvalue weighted by Gasteiger charge is 2.15. The zero-order chi connectivity index (χ0) is 12.0. The van der Waals surface area contributed by atoms with E-state index >= 15 is 0 Å². The van der Waals surface area contributed by atoms with E-state index in [1.807, 2.05) is 0 Å². The molecule has 6 N–H and O–H groups in total. The van der Waals surface area contributed by atoms with Gasteiger partial charge in [-0.2, -0.15) is 0 Å². The Morgan fingerprint density at radius 3 is 2.50 bits per heavy atom. The quantitative estimate of drug-likeness (QED) is 0.385. The van der Waals surface area contributed by atoms with Crippen LogP contribution in [0.25, 0.3) is 0 Å². The Hall–Kier alpha value is -1.07. The van der Waals surface area contributed by atoms with Crippen LogP contribution in [0.4, 0.5) is 0 Å². The van der Waals surface area contributed by atoms with Crippen molar-refractivity contribution in [3.05, 3.63) is 11.8 Å². The summed E-state index contributed by atoms with van der Waals surface area (Å²) in [6, 6.07) is 0.451. The van der Waals surface area contributed by atoms with Crippen LogP contribution < -0.4 is 22.1 Å². The first-order valence-corrected chi connectivity index (χ1v) is 5.84. The van der Waals surface area contributed by atoms with Crippen molar-refractivity contribution in [2.24, 2.45) is 11.5 Å². The molecule has 0 bridgehead atoms. The molecule has 1 fully saturated rings. The normalized spacial score (nSPS) is 20.5. The maximum absolute atomic E-state index is 11.2. The molecule has 0 aliphatic heterocycles. The minimum absolute atomic E-state index is 0.396. The molecule has 0 aromatic rings. The van der Waals surface area contributed by atoms with Crippen molar-refractivity contribution in [2.45, 2.75) is 44.3 Å². The lowest BCUT2D eigenvalue weighted by Crippen LogP contribution is -2.42. The number of nitrogens with two attached hydrogens (primary N) is 2. The summed E-state index contributed by atoms with van der Waals surface area (Å²) < 4.78 is 0. The predicted molar refractivity (Wildman–Crippen MR) is 64.3 cm³/mol. The summed E-state index contributed by atoms with van der Waals surface area (Å²) in [6.45, 7) is 0. The average molecular weight is 226 g/mol. The number of hydrogen-bond acceptors (Lipinski definition) is 4. The Morgan fingerprint density at radius 1 is 1.38 bits per heavy atom. The van der Waals surface area contributed by atoms with Gasteiger partial charge in [-0.15, -0.1) is 0 Å². The van der Waals surface area contributed by atoms with Crippen LogP contribution in [0.2, 0.25) is 0 Å². The molecule has 0 aromatic carbocycles. The molecular weight excluding hydrogens is 204 g/mol. The van der Waals surface area contributed by atoms with Crippen molar-refractivity contribution in [1.82, 2.24) is 10.6 Å². The van der Waals surface area contributed by atoms with Gasteiger partial charge in [-0.25, -0.2) is 0 Å². The van der Waals surface area contributed by atoms with Crippen LogP contribution in [0.3, 0.4) is 0 Å². The molecule has 0 aromatic heterocycles. The van der Waals surface area contributed by atoms with Crippen LogP contribution in [0.15, 0.2) is 11.8 Å². The first kappa shape index (κ1) is 13.0. The van der Waals surface area contributed by atoms with Gasteiger partial charge in [-0.1, -0.05) is 19.3 Å². The van der Waals surface area contributed by atoms with E-state index in [0.717, 1.165) is 12.8 Å². The van der Waals surface area contributed by atoms with Gasteiger partial charge in [-0.05, 0) is 19.9 Å². The summed E-state index contributed by atoms with van der Waals surface area (Å²) in [5.41, 5.74) is 11.4. The maximum atomic E-state index is 11.2. The standard InChI is InChI=1S/C11H22N4O/c1-14-10(12)9(11(13)16)7-15-8-5-3-2-4-6-8/h7-8,10,14-15H,2-6,12H2,1H3,(H2,13,16)/b9-7+. The van der Waals surface area contributed by atoms with E-state index in [4.69, 9.17) is 11.5 Å². The zero-order valence-corrected chi connectivity index (χ0v) is 9.83. The number of likely N-dealkylation sites (N-methyl/N-ethyl adjacent to an activating group) is 1. The maximum Gasteiger partial charge on any atom is 0.249 e. The van der Waals surface area contributed by atoms with Gasteiger partial charge in [0.05, 0.1) is 11.7 Å². The third kappa shape index (κ3) is 3.83. The fourth-order valence-corrected chi connectivity index (χ4v) is 1.95. The highest BCUT2D eigenvalue weighted by atomic mass is 16.1. The van der Waals surface area contributed by atoms with Crippen molar-refractivity contribution in [3.8, 4) is 0 Å². The number of carbonyl (C=O) groups is 1. The summed E-state index contributed by atoms with van der Waals surface area (Å²) >= 11 is 0. The molecule has 0 heterocycles. The number of amides is 1. The van der Waals surface area contributed by atoms with Gasteiger partial charge in [0.25, 0.3) is 0 Å². The van der Waals surface area contributed by atoms with Crippen LogP contribution in [-0.2, 0) is 4.79 Å². The topological polar surface area (TPSA) is 93.2 Å². The fraction of sp³-hybridized carbons (Fsp3) is 0.727. The van der Waals surface area contributed by atoms with Gasteiger partial charge in [0.1, 0.15) is 0 Å². The number of rotatable bonds is 5. The van der Waals surface area contributed by atoms with Crippen LogP contribution >= 0.6 is 0 Å². The van der Waals surface area contributed by atoms with Crippen molar-refractivity contribution in [2.75, 3.05) is 7.05 Å². The lowest BCUT2D eigenvalue weighted by Gasteiger charge is -2.23.